The molecule has 0 unspecified atom stereocenters. The Bertz CT molecular complexity index is 888. The number of aromatic nitrogens is 1. The van der Waals surface area contributed by atoms with Crippen molar-refractivity contribution in [3.63, 3.8) is 0 Å². The van der Waals surface area contributed by atoms with Crippen LogP contribution in [-0.4, -0.2) is 10.7 Å². The maximum absolute atomic E-state index is 4.73. The topological polar surface area (TPSA) is 12.9 Å². The Morgan fingerprint density at radius 3 is 2.79 bits per heavy atom. The Hall–Kier alpha value is -1.10. The van der Waals surface area contributed by atoms with E-state index in [9.17, 15) is 0 Å². The highest BCUT2D eigenvalue weighted by atomic mass is 32.2. The Morgan fingerprint density at radius 2 is 1.89 bits per heavy atom. The van der Waals surface area contributed by atoms with Gasteiger partial charge in [0.15, 0.2) is 4.34 Å². The summed E-state index contributed by atoms with van der Waals surface area (Å²) < 4.78 is 5.21. The van der Waals surface area contributed by atoms with Crippen molar-refractivity contribution in [2.24, 2.45) is 0 Å². The second-order valence-electron chi connectivity index (χ2n) is 4.33. The molecule has 2 heterocycles. The maximum Gasteiger partial charge on any atom is 0.151 e. The lowest BCUT2D eigenvalue weighted by atomic mass is 10.1. The molecule has 0 radical (unpaired) electrons. The van der Waals surface area contributed by atoms with Crippen molar-refractivity contribution >= 4 is 64.8 Å². The lowest BCUT2D eigenvalue weighted by Crippen LogP contribution is -1.71. The number of rotatable bonds is 2. The van der Waals surface area contributed by atoms with E-state index in [0.717, 1.165) is 11.3 Å². The van der Waals surface area contributed by atoms with Crippen molar-refractivity contribution in [2.75, 3.05) is 5.75 Å². The van der Waals surface area contributed by atoms with Crippen LogP contribution in [0.25, 0.3) is 30.4 Å². The predicted octanol–water partition coefficient (Wildman–Crippen LogP) is 5.78. The van der Waals surface area contributed by atoms with E-state index in [-0.39, 0.29) is 0 Å². The quantitative estimate of drug-likeness (QED) is 0.435. The first-order valence-electron chi connectivity index (χ1n) is 6.20. The Balaban J connectivity index is 2.05. The first-order valence-corrected chi connectivity index (χ1v) is 8.81. The van der Waals surface area contributed by atoms with E-state index in [2.05, 4.69) is 43.3 Å². The average Bonchev–Trinajstić information content (AvgIpc) is 2.96. The van der Waals surface area contributed by atoms with E-state index in [0.29, 0.717) is 0 Å². The molecule has 4 aromatic rings. The van der Waals surface area contributed by atoms with E-state index in [1.807, 2.05) is 23.1 Å². The predicted molar refractivity (Wildman–Crippen MR) is 88.9 cm³/mol. The normalized spacial score (nSPS) is 11.8. The fourth-order valence-corrected chi connectivity index (χ4v) is 5.50. The van der Waals surface area contributed by atoms with Gasteiger partial charge in [-0.1, -0.05) is 36.9 Å². The highest BCUT2D eigenvalue weighted by Crippen LogP contribution is 2.38. The van der Waals surface area contributed by atoms with Crippen LogP contribution in [0.15, 0.2) is 40.7 Å². The maximum atomic E-state index is 4.73. The van der Waals surface area contributed by atoms with Crippen molar-refractivity contribution in [1.82, 2.24) is 4.98 Å². The number of thioether (sulfide) groups is 1. The summed E-state index contributed by atoms with van der Waals surface area (Å²) in [5.74, 6) is 1.08. The minimum absolute atomic E-state index is 1.08. The highest BCUT2D eigenvalue weighted by Gasteiger charge is 2.09. The van der Waals surface area contributed by atoms with Crippen LogP contribution >= 0.6 is 34.4 Å². The van der Waals surface area contributed by atoms with Crippen LogP contribution in [0.5, 0.6) is 0 Å². The zero-order valence-electron chi connectivity index (χ0n) is 10.3. The summed E-state index contributed by atoms with van der Waals surface area (Å²) in [4.78, 5) is 4.73. The summed E-state index contributed by atoms with van der Waals surface area (Å²) in [5, 5.41) is 2.69. The zero-order chi connectivity index (χ0) is 12.8. The number of thiazole rings is 1. The number of thiophene rings is 1. The fourth-order valence-electron chi connectivity index (χ4n) is 2.31. The summed E-state index contributed by atoms with van der Waals surface area (Å²) in [6, 6.07) is 13.2. The van der Waals surface area contributed by atoms with E-state index in [1.165, 1.54) is 29.2 Å². The molecule has 0 bridgehead atoms. The summed E-state index contributed by atoms with van der Waals surface area (Å²) in [6.45, 7) is 2.17. The molecule has 0 N–H and O–H groups in total. The van der Waals surface area contributed by atoms with E-state index in [1.54, 1.807) is 11.3 Å². The average molecular weight is 301 g/mol. The molecule has 0 aliphatic carbocycles. The number of hydrogen-bond donors (Lipinski definition) is 0. The van der Waals surface area contributed by atoms with Gasteiger partial charge in [-0.3, -0.25) is 0 Å². The van der Waals surface area contributed by atoms with Gasteiger partial charge in [-0.05, 0) is 24.0 Å². The third kappa shape index (κ3) is 1.86. The third-order valence-corrected chi connectivity index (χ3v) is 6.31. The lowest BCUT2D eigenvalue weighted by Gasteiger charge is -1.91. The van der Waals surface area contributed by atoms with Crippen molar-refractivity contribution in [3.05, 3.63) is 36.4 Å². The number of fused-ring (bicyclic) bond motifs is 4. The van der Waals surface area contributed by atoms with Crippen LogP contribution in [0.4, 0.5) is 0 Å². The molecule has 0 aliphatic rings. The first-order chi connectivity index (χ1) is 9.35. The van der Waals surface area contributed by atoms with E-state index in [4.69, 9.17) is 4.98 Å². The molecule has 0 saturated heterocycles. The smallest absolute Gasteiger partial charge is 0.151 e. The number of nitrogens with zero attached hydrogens (tertiary/aromatic N) is 1. The van der Waals surface area contributed by atoms with Gasteiger partial charge in [0, 0.05) is 20.2 Å². The molecule has 19 heavy (non-hydrogen) atoms. The van der Waals surface area contributed by atoms with Gasteiger partial charge < -0.3 is 0 Å². The van der Waals surface area contributed by atoms with Crippen LogP contribution in [-0.2, 0) is 0 Å². The molecule has 0 spiro atoms. The molecule has 1 nitrogen and oxygen atoms in total. The highest BCUT2D eigenvalue weighted by molar-refractivity contribution is 8.01. The minimum Gasteiger partial charge on any atom is -0.230 e. The molecular weight excluding hydrogens is 290 g/mol. The van der Waals surface area contributed by atoms with Crippen LogP contribution in [0.3, 0.4) is 0 Å². The molecule has 0 amide bonds. The van der Waals surface area contributed by atoms with Gasteiger partial charge >= 0.3 is 0 Å². The Labute approximate surface area is 123 Å². The summed E-state index contributed by atoms with van der Waals surface area (Å²) >= 11 is 5.50. The third-order valence-electron chi connectivity index (χ3n) is 3.14. The Kier molecular flexibility index (Phi) is 2.76. The lowest BCUT2D eigenvalue weighted by molar-refractivity contribution is 1.30. The number of hydrogen-bond acceptors (Lipinski definition) is 4. The summed E-state index contributed by atoms with van der Waals surface area (Å²) in [5.41, 5.74) is 1.14. The van der Waals surface area contributed by atoms with Crippen molar-refractivity contribution < 1.29 is 0 Å². The monoisotopic (exact) mass is 301 g/mol. The van der Waals surface area contributed by atoms with Gasteiger partial charge in [0.25, 0.3) is 0 Å². The molecule has 0 aliphatic heterocycles. The number of benzene rings is 2. The minimum atomic E-state index is 1.08. The van der Waals surface area contributed by atoms with Crippen LogP contribution in [0.2, 0.25) is 0 Å². The molecule has 0 fully saturated rings. The fraction of sp³-hybridized carbons (Fsp3) is 0.133. The molecule has 0 atom stereocenters. The van der Waals surface area contributed by atoms with E-state index >= 15 is 0 Å². The van der Waals surface area contributed by atoms with E-state index < -0.39 is 0 Å². The summed E-state index contributed by atoms with van der Waals surface area (Å²) in [6.07, 6.45) is 0. The Morgan fingerprint density at radius 1 is 1.00 bits per heavy atom. The van der Waals surface area contributed by atoms with Gasteiger partial charge in [0.1, 0.15) is 0 Å². The molecule has 2 aromatic carbocycles. The van der Waals surface area contributed by atoms with Gasteiger partial charge in [-0.15, -0.1) is 22.7 Å². The summed E-state index contributed by atoms with van der Waals surface area (Å²) in [7, 11) is 0. The van der Waals surface area contributed by atoms with Gasteiger partial charge in [0.2, 0.25) is 0 Å². The molecule has 94 valence electrons. The van der Waals surface area contributed by atoms with Crippen molar-refractivity contribution in [2.45, 2.75) is 11.3 Å². The zero-order valence-corrected chi connectivity index (χ0v) is 12.8. The SMILES string of the molecule is CCSc1nc2cc3c(cc2s1)sc1ccccc13. The second-order valence-corrected chi connectivity index (χ2v) is 7.95. The van der Waals surface area contributed by atoms with Crippen molar-refractivity contribution in [3.8, 4) is 0 Å². The van der Waals surface area contributed by atoms with Crippen LogP contribution in [0.1, 0.15) is 6.92 Å². The van der Waals surface area contributed by atoms with Crippen LogP contribution in [0, 0.1) is 0 Å². The molecule has 4 rings (SSSR count). The van der Waals surface area contributed by atoms with Gasteiger partial charge in [-0.25, -0.2) is 4.98 Å². The second kappa shape index (κ2) is 4.47. The standard InChI is InChI=1S/C15H11NS3/c1-2-17-15-16-11-7-10-9-5-3-4-6-12(9)18-13(10)8-14(11)19-15/h3-8H,2H2,1H3. The van der Waals surface area contributed by atoms with Crippen molar-refractivity contribution in [1.29, 1.82) is 0 Å². The molecular formula is C15H11NS3. The first kappa shape index (κ1) is 11.7. The van der Waals surface area contributed by atoms with Gasteiger partial charge in [-0.2, -0.15) is 0 Å². The molecule has 4 heteroatoms. The largest absolute Gasteiger partial charge is 0.230 e. The molecule has 0 saturated carbocycles. The van der Waals surface area contributed by atoms with Gasteiger partial charge in [0.05, 0.1) is 10.2 Å². The van der Waals surface area contributed by atoms with Crippen LogP contribution < -0.4 is 0 Å². The molecule has 2 aromatic heterocycles.